The first kappa shape index (κ1) is 19.8. The van der Waals surface area contributed by atoms with Crippen LogP contribution in [0.2, 0.25) is 0 Å². The summed E-state index contributed by atoms with van der Waals surface area (Å²) in [6.45, 7) is 3.07. The molecular weight excluding hydrogens is 389 g/mol. The first-order chi connectivity index (χ1) is 15.2. The Bertz CT molecular complexity index is 1160. The number of hydrogen-bond donors (Lipinski definition) is 0. The predicted octanol–water partition coefficient (Wildman–Crippen LogP) is 6.63. The molecule has 1 aliphatic rings. The van der Waals surface area contributed by atoms with Crippen molar-refractivity contribution in [2.75, 3.05) is 20.2 Å². The Hall–Kier alpha value is -3.11. The molecule has 158 valence electrons. The van der Waals surface area contributed by atoms with E-state index in [-0.39, 0.29) is 5.82 Å². The summed E-state index contributed by atoms with van der Waals surface area (Å²) >= 11 is 0. The summed E-state index contributed by atoms with van der Waals surface area (Å²) in [6.07, 6.45) is 2.37. The lowest BCUT2D eigenvalue weighted by atomic mass is 9.89. The summed E-state index contributed by atoms with van der Waals surface area (Å²) < 4.78 is 25.0. The third-order valence-corrected chi connectivity index (χ3v) is 6.26. The van der Waals surface area contributed by atoms with E-state index in [1.807, 2.05) is 6.07 Å². The van der Waals surface area contributed by atoms with E-state index in [9.17, 15) is 4.39 Å². The molecule has 0 radical (unpaired) electrons. The summed E-state index contributed by atoms with van der Waals surface area (Å²) in [5.41, 5.74) is 4.25. The van der Waals surface area contributed by atoms with Crippen LogP contribution in [0, 0.1) is 5.82 Å². The number of benzene rings is 3. The van der Waals surface area contributed by atoms with Crippen LogP contribution in [-0.4, -0.2) is 25.1 Å². The van der Waals surface area contributed by atoms with Crippen LogP contribution >= 0.6 is 0 Å². The first-order valence-corrected chi connectivity index (χ1v) is 10.8. The number of methoxy groups -OCH3 is 1. The van der Waals surface area contributed by atoms with Gasteiger partial charge in [-0.1, -0.05) is 30.3 Å². The highest BCUT2D eigenvalue weighted by Crippen LogP contribution is 2.35. The number of hydrogen-bond acceptors (Lipinski definition) is 3. The Balaban J connectivity index is 1.34. The van der Waals surface area contributed by atoms with E-state index in [4.69, 9.17) is 9.15 Å². The van der Waals surface area contributed by atoms with Crippen molar-refractivity contribution in [2.24, 2.45) is 0 Å². The molecule has 0 N–H and O–H groups in total. The Morgan fingerprint density at radius 2 is 1.71 bits per heavy atom. The number of ether oxygens (including phenoxy) is 1. The minimum atomic E-state index is -0.254. The summed E-state index contributed by atoms with van der Waals surface area (Å²) in [4.78, 5) is 2.51. The van der Waals surface area contributed by atoms with Crippen LogP contribution < -0.4 is 4.74 Å². The zero-order valence-electron chi connectivity index (χ0n) is 17.7. The SMILES string of the molecule is COc1cc(CN2CCC(c3ccccc3)CC2)cc2cc(-c3ccc(F)cc3)oc12. The third-order valence-electron chi connectivity index (χ3n) is 6.26. The van der Waals surface area contributed by atoms with Gasteiger partial charge in [0, 0.05) is 17.5 Å². The van der Waals surface area contributed by atoms with Crippen LogP contribution in [0.25, 0.3) is 22.3 Å². The molecule has 4 aromatic rings. The van der Waals surface area contributed by atoms with Gasteiger partial charge in [-0.25, -0.2) is 4.39 Å². The van der Waals surface area contributed by atoms with Gasteiger partial charge in [-0.3, -0.25) is 4.90 Å². The van der Waals surface area contributed by atoms with Crippen LogP contribution in [0.15, 0.2) is 77.2 Å². The zero-order chi connectivity index (χ0) is 21.2. The van der Waals surface area contributed by atoms with Gasteiger partial charge in [0.05, 0.1) is 7.11 Å². The smallest absolute Gasteiger partial charge is 0.176 e. The molecular formula is C27H26FNO2. The Morgan fingerprint density at radius 1 is 0.968 bits per heavy atom. The molecule has 0 amide bonds. The largest absolute Gasteiger partial charge is 0.493 e. The van der Waals surface area contributed by atoms with Crippen molar-refractivity contribution < 1.29 is 13.5 Å². The van der Waals surface area contributed by atoms with Gasteiger partial charge in [-0.05, 0) is 85.4 Å². The minimum absolute atomic E-state index is 0.254. The van der Waals surface area contributed by atoms with Gasteiger partial charge < -0.3 is 9.15 Å². The molecule has 0 aliphatic carbocycles. The molecule has 0 unspecified atom stereocenters. The monoisotopic (exact) mass is 415 g/mol. The van der Waals surface area contributed by atoms with Crippen molar-refractivity contribution in [1.82, 2.24) is 4.90 Å². The lowest BCUT2D eigenvalue weighted by molar-refractivity contribution is 0.204. The molecule has 1 aromatic heterocycles. The number of rotatable bonds is 5. The van der Waals surface area contributed by atoms with Gasteiger partial charge >= 0.3 is 0 Å². The quantitative estimate of drug-likeness (QED) is 0.366. The molecule has 1 fully saturated rings. The summed E-state index contributed by atoms with van der Waals surface area (Å²) in [5.74, 6) is 1.85. The number of nitrogens with zero attached hydrogens (tertiary/aromatic N) is 1. The van der Waals surface area contributed by atoms with Crippen molar-refractivity contribution in [3.63, 3.8) is 0 Å². The maximum absolute atomic E-state index is 13.3. The maximum atomic E-state index is 13.3. The van der Waals surface area contributed by atoms with Crippen LogP contribution in [0.4, 0.5) is 4.39 Å². The molecule has 0 bridgehead atoms. The van der Waals surface area contributed by atoms with Gasteiger partial charge in [0.25, 0.3) is 0 Å². The molecule has 31 heavy (non-hydrogen) atoms. The summed E-state index contributed by atoms with van der Waals surface area (Å²) in [7, 11) is 1.67. The predicted molar refractivity (Wildman–Crippen MR) is 122 cm³/mol. The van der Waals surface area contributed by atoms with Crippen LogP contribution in [0.1, 0.15) is 29.9 Å². The lowest BCUT2D eigenvalue weighted by Gasteiger charge is -2.32. The van der Waals surface area contributed by atoms with Crippen molar-refractivity contribution in [1.29, 1.82) is 0 Å². The summed E-state index contributed by atoms with van der Waals surface area (Å²) in [5, 5.41) is 1.01. The zero-order valence-corrected chi connectivity index (χ0v) is 17.7. The second kappa shape index (κ2) is 8.56. The maximum Gasteiger partial charge on any atom is 0.176 e. The van der Waals surface area contributed by atoms with E-state index < -0.39 is 0 Å². The van der Waals surface area contributed by atoms with Crippen LogP contribution in [0.5, 0.6) is 5.75 Å². The van der Waals surface area contributed by atoms with Crippen molar-refractivity contribution in [2.45, 2.75) is 25.3 Å². The van der Waals surface area contributed by atoms with Crippen LogP contribution in [0.3, 0.4) is 0 Å². The second-order valence-corrected chi connectivity index (χ2v) is 8.30. The van der Waals surface area contributed by atoms with E-state index in [1.54, 1.807) is 19.2 Å². The number of furan rings is 1. The Morgan fingerprint density at radius 3 is 2.42 bits per heavy atom. The molecule has 5 rings (SSSR count). The highest BCUT2D eigenvalue weighted by atomic mass is 19.1. The van der Waals surface area contributed by atoms with Gasteiger partial charge in [0.1, 0.15) is 11.6 Å². The third kappa shape index (κ3) is 4.21. The van der Waals surface area contributed by atoms with Crippen LogP contribution in [-0.2, 0) is 6.54 Å². The average molecular weight is 416 g/mol. The molecule has 3 aromatic carbocycles. The number of halogens is 1. The molecule has 0 atom stereocenters. The number of piperidine rings is 1. The van der Waals surface area contributed by atoms with Gasteiger partial charge in [-0.15, -0.1) is 0 Å². The topological polar surface area (TPSA) is 25.6 Å². The lowest BCUT2D eigenvalue weighted by Crippen LogP contribution is -2.32. The number of likely N-dealkylation sites (tertiary alicyclic amines) is 1. The van der Waals surface area contributed by atoms with Crippen molar-refractivity contribution in [3.8, 4) is 17.1 Å². The van der Waals surface area contributed by atoms with Gasteiger partial charge in [-0.2, -0.15) is 0 Å². The fourth-order valence-electron chi connectivity index (χ4n) is 4.59. The second-order valence-electron chi connectivity index (χ2n) is 8.30. The van der Waals surface area contributed by atoms with Crippen molar-refractivity contribution in [3.05, 3.63) is 89.7 Å². The normalized spacial score (nSPS) is 15.4. The van der Waals surface area contributed by atoms with Gasteiger partial charge in [0.15, 0.2) is 11.3 Å². The minimum Gasteiger partial charge on any atom is -0.493 e. The average Bonchev–Trinajstić information content (AvgIpc) is 3.24. The highest BCUT2D eigenvalue weighted by Gasteiger charge is 2.21. The fourth-order valence-corrected chi connectivity index (χ4v) is 4.59. The first-order valence-electron chi connectivity index (χ1n) is 10.8. The molecule has 0 saturated carbocycles. The molecule has 3 nitrogen and oxygen atoms in total. The standard InChI is InChI=1S/C27H26FNO2/c1-30-26-16-19(18-29-13-11-21(12-14-29)20-5-3-2-4-6-20)15-23-17-25(31-27(23)26)22-7-9-24(28)10-8-22/h2-10,15-17,21H,11-14,18H2,1H3. The van der Waals surface area contributed by atoms with E-state index in [0.717, 1.165) is 41.9 Å². The molecule has 1 saturated heterocycles. The van der Waals surface area contributed by atoms with E-state index >= 15 is 0 Å². The van der Waals surface area contributed by atoms with Crippen molar-refractivity contribution >= 4 is 11.0 Å². The number of fused-ring (bicyclic) bond motifs is 1. The summed E-state index contributed by atoms with van der Waals surface area (Å²) in [6, 6.07) is 23.5. The van der Waals surface area contributed by atoms with Gasteiger partial charge in [0.2, 0.25) is 0 Å². The van der Waals surface area contributed by atoms with E-state index in [2.05, 4.69) is 47.4 Å². The highest BCUT2D eigenvalue weighted by molar-refractivity contribution is 5.88. The molecule has 4 heteroatoms. The molecule has 2 heterocycles. The van der Waals surface area contributed by atoms with E-state index in [0.29, 0.717) is 11.7 Å². The molecule has 0 spiro atoms. The Labute approximate surface area is 182 Å². The molecule has 1 aliphatic heterocycles. The van der Waals surface area contributed by atoms with E-state index in [1.165, 1.54) is 36.1 Å². The Kier molecular flexibility index (Phi) is 5.47. The fraction of sp³-hybridized carbons (Fsp3) is 0.259.